The van der Waals surface area contributed by atoms with Gasteiger partial charge in [0.1, 0.15) is 0 Å². The Hall–Kier alpha value is -2.83. The molecule has 3 heterocycles. The van der Waals surface area contributed by atoms with Crippen LogP contribution in [0.4, 0.5) is 5.95 Å². The van der Waals surface area contributed by atoms with Crippen molar-refractivity contribution >= 4 is 11.9 Å². The number of benzene rings is 1. The lowest BCUT2D eigenvalue weighted by molar-refractivity contribution is -0.125. The summed E-state index contributed by atoms with van der Waals surface area (Å²) in [4.78, 5) is 23.2. The van der Waals surface area contributed by atoms with Gasteiger partial charge in [-0.05, 0) is 43.0 Å². The van der Waals surface area contributed by atoms with Crippen molar-refractivity contribution in [1.82, 2.24) is 15.3 Å². The number of fused-ring (bicyclic) bond motifs is 1. The smallest absolute Gasteiger partial charge is 0.231 e. The van der Waals surface area contributed by atoms with Crippen molar-refractivity contribution < 1.29 is 14.3 Å². The van der Waals surface area contributed by atoms with Crippen LogP contribution in [0.15, 0.2) is 36.7 Å². The summed E-state index contributed by atoms with van der Waals surface area (Å²) in [5.41, 5.74) is 1.12. The van der Waals surface area contributed by atoms with Crippen LogP contribution in [0, 0.1) is 5.92 Å². The molecule has 7 nitrogen and oxygen atoms in total. The minimum absolute atomic E-state index is 0.0238. The highest BCUT2D eigenvalue weighted by atomic mass is 16.7. The fraction of sp³-hybridized carbons (Fsp3) is 0.421. The molecule has 1 saturated heterocycles. The number of hydrogen-bond acceptors (Lipinski definition) is 6. The van der Waals surface area contributed by atoms with Crippen molar-refractivity contribution in [2.75, 3.05) is 31.3 Å². The molecular weight excluding hydrogens is 332 g/mol. The summed E-state index contributed by atoms with van der Waals surface area (Å²) in [6.07, 6.45) is 6.10. The van der Waals surface area contributed by atoms with E-state index in [0.29, 0.717) is 19.0 Å². The predicted octanol–water partition coefficient (Wildman–Crippen LogP) is 1.78. The molecule has 1 aromatic carbocycles. The number of nitrogens with zero attached hydrogens (tertiary/aromatic N) is 3. The van der Waals surface area contributed by atoms with Crippen molar-refractivity contribution in [3.8, 4) is 11.5 Å². The monoisotopic (exact) mass is 354 g/mol. The maximum Gasteiger partial charge on any atom is 0.231 e. The number of carbonyl (C=O) groups excluding carboxylic acids is 1. The van der Waals surface area contributed by atoms with Gasteiger partial charge < -0.3 is 19.7 Å². The maximum atomic E-state index is 12.5. The van der Waals surface area contributed by atoms with E-state index in [0.717, 1.165) is 42.9 Å². The molecule has 2 aromatic rings. The van der Waals surface area contributed by atoms with E-state index < -0.39 is 0 Å². The number of carbonyl (C=O) groups is 1. The summed E-state index contributed by atoms with van der Waals surface area (Å²) < 4.78 is 10.7. The molecule has 1 N–H and O–H groups in total. The molecule has 1 aromatic heterocycles. The van der Waals surface area contributed by atoms with Crippen LogP contribution in [-0.2, 0) is 11.2 Å². The molecule has 2 aliphatic heterocycles. The number of amides is 1. The molecule has 4 rings (SSSR count). The quantitative estimate of drug-likeness (QED) is 0.882. The van der Waals surface area contributed by atoms with Crippen molar-refractivity contribution in [2.45, 2.75) is 19.3 Å². The standard InChI is InChI=1S/C19H22N4O3/c24-18(15-3-1-10-23(12-15)19-21-7-2-8-22-19)20-9-6-14-4-5-16-17(11-14)26-13-25-16/h2,4-5,7-8,11,15H,1,3,6,9-10,12-13H2,(H,20,24)/t15-/m0/s1. The number of anilines is 1. The summed E-state index contributed by atoms with van der Waals surface area (Å²) in [6, 6.07) is 7.70. The van der Waals surface area contributed by atoms with Gasteiger partial charge in [0, 0.05) is 32.0 Å². The molecule has 1 amide bonds. The van der Waals surface area contributed by atoms with Gasteiger partial charge in [0.25, 0.3) is 0 Å². The Morgan fingerprint density at radius 3 is 2.96 bits per heavy atom. The number of hydrogen-bond donors (Lipinski definition) is 1. The van der Waals surface area contributed by atoms with E-state index in [1.54, 1.807) is 18.5 Å². The first-order chi connectivity index (χ1) is 12.8. The maximum absolute atomic E-state index is 12.5. The Balaban J connectivity index is 1.28. The zero-order chi connectivity index (χ0) is 17.8. The third kappa shape index (κ3) is 3.71. The zero-order valence-corrected chi connectivity index (χ0v) is 14.6. The second kappa shape index (κ2) is 7.59. The Kier molecular flexibility index (Phi) is 4.86. The van der Waals surface area contributed by atoms with Crippen molar-refractivity contribution in [3.05, 3.63) is 42.2 Å². The van der Waals surface area contributed by atoms with Gasteiger partial charge in [-0.1, -0.05) is 6.07 Å². The van der Waals surface area contributed by atoms with E-state index in [-0.39, 0.29) is 18.6 Å². The highest BCUT2D eigenvalue weighted by Gasteiger charge is 2.26. The molecule has 1 fully saturated rings. The topological polar surface area (TPSA) is 76.6 Å². The van der Waals surface area contributed by atoms with Gasteiger partial charge in [-0.15, -0.1) is 0 Å². The lowest BCUT2D eigenvalue weighted by Crippen LogP contribution is -2.44. The second-order valence-electron chi connectivity index (χ2n) is 6.56. The van der Waals surface area contributed by atoms with E-state index in [2.05, 4.69) is 20.2 Å². The van der Waals surface area contributed by atoms with Crippen LogP contribution in [0.1, 0.15) is 18.4 Å². The van der Waals surface area contributed by atoms with Crippen molar-refractivity contribution in [1.29, 1.82) is 0 Å². The summed E-state index contributed by atoms with van der Waals surface area (Å²) in [7, 11) is 0. The normalized spacial score (nSPS) is 18.6. The molecule has 0 radical (unpaired) electrons. The summed E-state index contributed by atoms with van der Waals surface area (Å²) in [5, 5.41) is 3.06. The first kappa shape index (κ1) is 16.6. The fourth-order valence-electron chi connectivity index (χ4n) is 3.40. The molecule has 2 aliphatic rings. The number of piperidine rings is 1. The Labute approximate surface area is 152 Å². The molecule has 1 atom stereocenters. The molecule has 0 spiro atoms. The number of rotatable bonds is 5. The van der Waals surface area contributed by atoms with E-state index >= 15 is 0 Å². The fourth-order valence-corrected chi connectivity index (χ4v) is 3.40. The number of ether oxygens (including phenoxy) is 2. The minimum atomic E-state index is -0.0238. The Morgan fingerprint density at radius 1 is 1.23 bits per heavy atom. The van der Waals surface area contributed by atoms with Gasteiger partial charge >= 0.3 is 0 Å². The van der Waals surface area contributed by atoms with Gasteiger partial charge in [0.05, 0.1) is 5.92 Å². The van der Waals surface area contributed by atoms with Crippen LogP contribution in [-0.4, -0.2) is 42.3 Å². The zero-order valence-electron chi connectivity index (χ0n) is 14.6. The van der Waals surface area contributed by atoms with E-state index in [1.165, 1.54) is 0 Å². The first-order valence-electron chi connectivity index (χ1n) is 8.98. The van der Waals surface area contributed by atoms with E-state index in [1.807, 2.05) is 18.2 Å². The largest absolute Gasteiger partial charge is 0.454 e. The minimum Gasteiger partial charge on any atom is -0.454 e. The van der Waals surface area contributed by atoms with E-state index in [4.69, 9.17) is 9.47 Å². The van der Waals surface area contributed by atoms with Crippen LogP contribution in [0.25, 0.3) is 0 Å². The van der Waals surface area contributed by atoms with Gasteiger partial charge in [0.2, 0.25) is 18.6 Å². The molecule has 136 valence electrons. The summed E-state index contributed by atoms with van der Waals surface area (Å²) >= 11 is 0. The number of aromatic nitrogens is 2. The van der Waals surface area contributed by atoms with Gasteiger partial charge in [-0.3, -0.25) is 4.79 Å². The van der Waals surface area contributed by atoms with Gasteiger partial charge in [-0.25, -0.2) is 9.97 Å². The molecule has 0 bridgehead atoms. The summed E-state index contributed by atoms with van der Waals surface area (Å²) in [5.74, 6) is 2.34. The molecule has 26 heavy (non-hydrogen) atoms. The molecule has 0 saturated carbocycles. The summed E-state index contributed by atoms with van der Waals surface area (Å²) in [6.45, 7) is 2.44. The van der Waals surface area contributed by atoms with Crippen LogP contribution < -0.4 is 19.7 Å². The Morgan fingerprint density at radius 2 is 2.08 bits per heavy atom. The third-order valence-electron chi connectivity index (χ3n) is 4.78. The van der Waals surface area contributed by atoms with Crippen LogP contribution in [0.3, 0.4) is 0 Å². The van der Waals surface area contributed by atoms with Crippen molar-refractivity contribution in [2.24, 2.45) is 5.92 Å². The lowest BCUT2D eigenvalue weighted by Gasteiger charge is -2.31. The molecule has 0 aliphatic carbocycles. The lowest BCUT2D eigenvalue weighted by atomic mass is 9.97. The molecular formula is C19H22N4O3. The van der Waals surface area contributed by atoms with Crippen LogP contribution >= 0.6 is 0 Å². The number of nitrogens with one attached hydrogen (secondary N) is 1. The Bertz CT molecular complexity index is 769. The first-order valence-corrected chi connectivity index (χ1v) is 8.98. The van der Waals surface area contributed by atoms with Crippen LogP contribution in [0.5, 0.6) is 11.5 Å². The van der Waals surface area contributed by atoms with Crippen molar-refractivity contribution in [3.63, 3.8) is 0 Å². The van der Waals surface area contributed by atoms with Gasteiger partial charge in [-0.2, -0.15) is 0 Å². The predicted molar refractivity (Wildman–Crippen MR) is 96.2 cm³/mol. The highest BCUT2D eigenvalue weighted by Crippen LogP contribution is 2.32. The SMILES string of the molecule is O=C(NCCc1ccc2c(c1)OCO2)[C@H]1CCCN(c2ncccn2)C1. The van der Waals surface area contributed by atoms with E-state index in [9.17, 15) is 4.79 Å². The second-order valence-corrected chi connectivity index (χ2v) is 6.56. The highest BCUT2D eigenvalue weighted by molar-refractivity contribution is 5.79. The average Bonchev–Trinajstić information content (AvgIpc) is 3.16. The molecule has 7 heteroatoms. The third-order valence-corrected chi connectivity index (χ3v) is 4.78. The van der Waals surface area contributed by atoms with Crippen LogP contribution in [0.2, 0.25) is 0 Å². The average molecular weight is 354 g/mol. The van der Waals surface area contributed by atoms with Gasteiger partial charge in [0.15, 0.2) is 11.5 Å². The molecule has 0 unspecified atom stereocenters.